The number of aliphatic hydroxyl groups is 2. The molecule has 11 heteroatoms. The number of aliphatic hydroxyl groups excluding tert-OH is 1. The first kappa shape index (κ1) is 21.6. The van der Waals surface area contributed by atoms with Crippen LogP contribution in [0.15, 0.2) is 41.4 Å². The molecule has 0 radical (unpaired) electrons. The summed E-state index contributed by atoms with van der Waals surface area (Å²) in [4.78, 5) is 9.54. The molecular formula is C19H17FN4O5S. The van der Waals surface area contributed by atoms with Gasteiger partial charge in [0.05, 0.1) is 19.2 Å². The largest absolute Gasteiger partial charge is 0.486 e. The molecule has 156 valence electrons. The van der Waals surface area contributed by atoms with Gasteiger partial charge in [-0.1, -0.05) is 6.57 Å². The van der Waals surface area contributed by atoms with E-state index in [1.807, 2.05) is 0 Å². The van der Waals surface area contributed by atoms with E-state index in [9.17, 15) is 23.0 Å². The van der Waals surface area contributed by atoms with Crippen molar-refractivity contribution in [3.05, 3.63) is 65.2 Å². The molecule has 1 aromatic heterocycles. The number of pyridine rings is 1. The maximum Gasteiger partial charge on any atom is 0.289 e. The van der Waals surface area contributed by atoms with Crippen LogP contribution < -0.4 is 4.74 Å². The molecule has 0 bridgehead atoms. The van der Waals surface area contributed by atoms with E-state index in [4.69, 9.17) is 17.9 Å². The minimum atomic E-state index is -4.24. The van der Waals surface area contributed by atoms with Gasteiger partial charge in [0.1, 0.15) is 34.4 Å². The van der Waals surface area contributed by atoms with Crippen LogP contribution in [0.3, 0.4) is 0 Å². The number of rotatable bonds is 5. The van der Waals surface area contributed by atoms with E-state index in [0.717, 1.165) is 10.4 Å². The molecule has 0 saturated carbocycles. The lowest BCUT2D eigenvalue weighted by Crippen LogP contribution is -2.53. The Bertz CT molecular complexity index is 1160. The summed E-state index contributed by atoms with van der Waals surface area (Å²) in [5.74, 6) is -1.19. The van der Waals surface area contributed by atoms with E-state index in [1.165, 1.54) is 37.4 Å². The van der Waals surface area contributed by atoms with E-state index >= 15 is 0 Å². The van der Waals surface area contributed by atoms with Crippen LogP contribution in [-0.2, 0) is 10.0 Å². The van der Waals surface area contributed by atoms with E-state index in [0.29, 0.717) is 0 Å². The highest BCUT2D eigenvalue weighted by Gasteiger charge is 2.54. The van der Waals surface area contributed by atoms with Crippen molar-refractivity contribution in [3.8, 4) is 5.75 Å². The Morgan fingerprint density at radius 2 is 2.10 bits per heavy atom. The SMILES string of the molecule is [C-]#[N+]c1ccc(O[C@H]2CN(S(=O)(=O)c3cccnc3[N+]#[C-])C[C@@]2(O)[C@H](C)O)cc1F. The highest BCUT2D eigenvalue weighted by Crippen LogP contribution is 2.35. The molecule has 1 fully saturated rings. The summed E-state index contributed by atoms with van der Waals surface area (Å²) in [6.45, 7) is 14.4. The number of hydrogen-bond acceptors (Lipinski definition) is 6. The predicted octanol–water partition coefficient (Wildman–Crippen LogP) is 1.89. The standard InChI is InChI=1S/C19H17FN4O5S/c1-12(25)19(26)11-24(30(27,28)16-5-4-8-23-18(16)22-3)10-17(19)29-13-6-7-15(21-2)14(20)9-13/h4-9,12,17,25-26H,10-11H2,1H3/t12-,17-,19+/m0/s1. The van der Waals surface area contributed by atoms with Gasteiger partial charge in [0.25, 0.3) is 5.82 Å². The van der Waals surface area contributed by atoms with Gasteiger partial charge in [0.2, 0.25) is 15.7 Å². The number of ether oxygens (including phenoxy) is 1. The van der Waals surface area contributed by atoms with Crippen molar-refractivity contribution in [2.75, 3.05) is 13.1 Å². The fourth-order valence-electron chi connectivity index (χ4n) is 3.14. The molecule has 0 aliphatic carbocycles. The average molecular weight is 432 g/mol. The van der Waals surface area contributed by atoms with Gasteiger partial charge in [0, 0.05) is 12.6 Å². The lowest BCUT2D eigenvalue weighted by Gasteiger charge is -2.31. The minimum Gasteiger partial charge on any atom is -0.486 e. The van der Waals surface area contributed by atoms with Crippen LogP contribution in [0.4, 0.5) is 15.9 Å². The fraction of sp³-hybridized carbons (Fsp3) is 0.316. The van der Waals surface area contributed by atoms with Gasteiger partial charge >= 0.3 is 0 Å². The van der Waals surface area contributed by atoms with Crippen molar-refractivity contribution in [2.45, 2.75) is 29.6 Å². The lowest BCUT2D eigenvalue weighted by molar-refractivity contribution is -0.104. The summed E-state index contributed by atoms with van der Waals surface area (Å²) in [5.41, 5.74) is -2.21. The van der Waals surface area contributed by atoms with Crippen LogP contribution >= 0.6 is 0 Å². The van der Waals surface area contributed by atoms with Gasteiger partial charge in [-0.05, 0) is 31.2 Å². The molecule has 9 nitrogen and oxygen atoms in total. The third-order valence-electron chi connectivity index (χ3n) is 4.87. The highest BCUT2D eigenvalue weighted by atomic mass is 32.2. The molecule has 2 heterocycles. The van der Waals surface area contributed by atoms with Gasteiger partial charge in [-0.2, -0.15) is 4.31 Å². The monoisotopic (exact) mass is 432 g/mol. The van der Waals surface area contributed by atoms with Gasteiger partial charge < -0.3 is 19.8 Å². The van der Waals surface area contributed by atoms with Crippen LogP contribution in [0.2, 0.25) is 0 Å². The first-order valence-electron chi connectivity index (χ1n) is 8.70. The summed E-state index contributed by atoms with van der Waals surface area (Å²) < 4.78 is 46.5. The van der Waals surface area contributed by atoms with Gasteiger partial charge in [-0.25, -0.2) is 17.7 Å². The number of β-amino-alcohol motifs (C(OH)–C–C–N with tert-alkyl or cyclic N) is 1. The Morgan fingerprint density at radius 3 is 2.70 bits per heavy atom. The molecule has 0 spiro atoms. The lowest BCUT2D eigenvalue weighted by atomic mass is 9.94. The van der Waals surface area contributed by atoms with E-state index < -0.39 is 40.2 Å². The topological polar surface area (TPSA) is 109 Å². The van der Waals surface area contributed by atoms with Gasteiger partial charge in [-0.15, -0.1) is 4.98 Å². The zero-order chi connectivity index (χ0) is 22.1. The molecular weight excluding hydrogens is 415 g/mol. The van der Waals surface area contributed by atoms with Crippen molar-refractivity contribution in [2.24, 2.45) is 0 Å². The van der Waals surface area contributed by atoms with Crippen LogP contribution in [0.5, 0.6) is 5.75 Å². The summed E-state index contributed by atoms with van der Waals surface area (Å²) in [6.07, 6.45) is -1.33. The number of benzene rings is 1. The summed E-state index contributed by atoms with van der Waals surface area (Å²) in [5, 5.41) is 21.1. The quantitative estimate of drug-likeness (QED) is 0.699. The van der Waals surface area contributed by atoms with Crippen molar-refractivity contribution in [1.82, 2.24) is 9.29 Å². The van der Waals surface area contributed by atoms with E-state index in [1.54, 1.807) is 0 Å². The molecule has 0 amide bonds. The third kappa shape index (κ3) is 3.72. The molecule has 0 unspecified atom stereocenters. The van der Waals surface area contributed by atoms with Gasteiger partial charge in [0.15, 0.2) is 0 Å². The zero-order valence-corrected chi connectivity index (χ0v) is 16.5. The molecule has 1 saturated heterocycles. The number of sulfonamides is 1. The third-order valence-corrected chi connectivity index (χ3v) is 6.71. The maximum absolute atomic E-state index is 13.9. The van der Waals surface area contributed by atoms with E-state index in [2.05, 4.69) is 14.7 Å². The molecule has 1 aliphatic rings. The second-order valence-corrected chi connectivity index (χ2v) is 8.64. The number of aromatic nitrogens is 1. The fourth-order valence-corrected chi connectivity index (χ4v) is 4.70. The molecule has 2 N–H and O–H groups in total. The molecule has 30 heavy (non-hydrogen) atoms. The normalized spacial score (nSPS) is 22.8. The Kier molecular flexibility index (Phi) is 5.74. The molecule has 1 aliphatic heterocycles. The van der Waals surface area contributed by atoms with Crippen molar-refractivity contribution in [1.29, 1.82) is 0 Å². The number of hydrogen-bond donors (Lipinski definition) is 2. The molecule has 3 atom stereocenters. The minimum absolute atomic E-state index is 0.0357. The number of halogens is 1. The summed E-state index contributed by atoms with van der Waals surface area (Å²) >= 11 is 0. The predicted molar refractivity (Wildman–Crippen MR) is 103 cm³/mol. The molecule has 2 aromatic rings. The van der Waals surface area contributed by atoms with Crippen molar-refractivity contribution < 1.29 is 27.8 Å². The van der Waals surface area contributed by atoms with Crippen molar-refractivity contribution >= 4 is 21.5 Å². The Hall–Kier alpha value is -3.09. The maximum atomic E-state index is 13.9. The Balaban J connectivity index is 1.95. The van der Waals surface area contributed by atoms with Crippen LogP contribution in [0.1, 0.15) is 6.92 Å². The Morgan fingerprint density at radius 1 is 1.37 bits per heavy atom. The second-order valence-electron chi connectivity index (χ2n) is 6.73. The van der Waals surface area contributed by atoms with Crippen LogP contribution in [0.25, 0.3) is 9.69 Å². The van der Waals surface area contributed by atoms with Crippen LogP contribution in [0, 0.1) is 19.0 Å². The van der Waals surface area contributed by atoms with Crippen molar-refractivity contribution in [3.63, 3.8) is 0 Å². The Labute approximate surface area is 172 Å². The average Bonchev–Trinajstić information content (AvgIpc) is 3.06. The number of nitrogens with zero attached hydrogens (tertiary/aromatic N) is 4. The smallest absolute Gasteiger partial charge is 0.289 e. The van der Waals surface area contributed by atoms with E-state index in [-0.39, 0.29) is 28.7 Å². The molecule has 3 rings (SSSR count). The molecule has 1 aromatic carbocycles. The summed E-state index contributed by atoms with van der Waals surface area (Å²) in [6, 6.07) is 6.05. The van der Waals surface area contributed by atoms with Crippen LogP contribution in [-0.4, -0.2) is 58.8 Å². The van der Waals surface area contributed by atoms with Gasteiger partial charge in [-0.3, -0.25) is 0 Å². The second kappa shape index (κ2) is 7.97. The summed E-state index contributed by atoms with van der Waals surface area (Å²) in [7, 11) is -4.24. The first-order chi connectivity index (χ1) is 14.1. The highest BCUT2D eigenvalue weighted by molar-refractivity contribution is 7.89. The zero-order valence-electron chi connectivity index (χ0n) is 15.7. The first-order valence-corrected chi connectivity index (χ1v) is 10.1.